The average Bonchev–Trinajstić information content (AvgIpc) is 3.10. The first-order valence-corrected chi connectivity index (χ1v) is 9.19. The Morgan fingerprint density at radius 2 is 1.74 bits per heavy atom. The summed E-state index contributed by atoms with van der Waals surface area (Å²) >= 11 is 0. The lowest BCUT2D eigenvalue weighted by atomic mass is 9.95. The van der Waals surface area contributed by atoms with Crippen LogP contribution in [0.5, 0.6) is 0 Å². The maximum absolute atomic E-state index is 12.7. The quantitative estimate of drug-likeness (QED) is 0.879. The molecule has 0 atom stereocenters. The second kappa shape index (κ2) is 7.23. The summed E-state index contributed by atoms with van der Waals surface area (Å²) in [4.78, 5) is 39.0. The monoisotopic (exact) mass is 363 g/mol. The van der Waals surface area contributed by atoms with Crippen molar-refractivity contribution < 1.29 is 14.4 Å². The number of hydrogen-bond donors (Lipinski definition) is 2. The van der Waals surface area contributed by atoms with Crippen LogP contribution < -0.4 is 10.6 Å². The minimum atomic E-state index is -0.162. The maximum atomic E-state index is 12.7. The third kappa shape index (κ3) is 3.43. The zero-order valence-electron chi connectivity index (χ0n) is 14.9. The van der Waals surface area contributed by atoms with Crippen molar-refractivity contribution in [2.24, 2.45) is 5.92 Å². The number of carbonyl (C=O) groups is 3. The molecule has 1 saturated heterocycles. The molecule has 2 aliphatic rings. The van der Waals surface area contributed by atoms with Crippen molar-refractivity contribution >= 4 is 23.4 Å². The molecule has 0 aromatic heterocycles. The second-order valence-corrected chi connectivity index (χ2v) is 6.94. The maximum Gasteiger partial charge on any atom is 0.254 e. The molecule has 2 aliphatic heterocycles. The van der Waals surface area contributed by atoms with Crippen molar-refractivity contribution in [3.63, 3.8) is 0 Å². The van der Waals surface area contributed by atoms with E-state index >= 15 is 0 Å². The van der Waals surface area contributed by atoms with Crippen LogP contribution in [0.3, 0.4) is 0 Å². The summed E-state index contributed by atoms with van der Waals surface area (Å²) in [7, 11) is 0. The van der Waals surface area contributed by atoms with Gasteiger partial charge in [0.2, 0.25) is 5.91 Å². The van der Waals surface area contributed by atoms with E-state index in [0.29, 0.717) is 49.3 Å². The number of piperidine rings is 1. The number of nitrogens with zero attached hydrogens (tertiary/aromatic N) is 1. The first kappa shape index (κ1) is 17.3. The summed E-state index contributed by atoms with van der Waals surface area (Å²) in [5, 5.41) is 5.69. The molecule has 4 rings (SSSR count). The fraction of sp³-hybridized carbons (Fsp3) is 0.286. The molecule has 2 aromatic rings. The van der Waals surface area contributed by atoms with Crippen LogP contribution in [0.25, 0.3) is 0 Å². The molecule has 6 nitrogen and oxygen atoms in total. The Bertz CT molecular complexity index is 887. The standard InChI is InChI=1S/C21H21N3O3/c25-19(23-17-8-4-7-16-13-22-20(26)18(16)17)14-9-11-24(12-10-14)21(27)15-5-2-1-3-6-15/h1-8,14H,9-13H2,(H,22,26)(H,23,25). The van der Waals surface area contributed by atoms with E-state index in [2.05, 4.69) is 10.6 Å². The van der Waals surface area contributed by atoms with E-state index in [4.69, 9.17) is 0 Å². The molecule has 0 radical (unpaired) electrons. The van der Waals surface area contributed by atoms with Crippen molar-refractivity contribution in [2.75, 3.05) is 18.4 Å². The normalized spacial score (nSPS) is 16.6. The molecule has 2 heterocycles. The molecule has 0 spiro atoms. The number of fused-ring (bicyclic) bond motifs is 1. The highest BCUT2D eigenvalue weighted by Gasteiger charge is 2.29. The van der Waals surface area contributed by atoms with Gasteiger partial charge in [0.25, 0.3) is 11.8 Å². The molecule has 0 saturated carbocycles. The van der Waals surface area contributed by atoms with Crippen LogP contribution in [0.15, 0.2) is 48.5 Å². The van der Waals surface area contributed by atoms with Crippen molar-refractivity contribution in [2.45, 2.75) is 19.4 Å². The molecular formula is C21H21N3O3. The number of rotatable bonds is 3. The van der Waals surface area contributed by atoms with Crippen LogP contribution >= 0.6 is 0 Å². The van der Waals surface area contributed by atoms with Gasteiger partial charge in [0.15, 0.2) is 0 Å². The van der Waals surface area contributed by atoms with Gasteiger partial charge >= 0.3 is 0 Å². The van der Waals surface area contributed by atoms with Crippen LogP contribution in [0.1, 0.15) is 39.1 Å². The number of carbonyl (C=O) groups excluding carboxylic acids is 3. The average molecular weight is 363 g/mol. The van der Waals surface area contributed by atoms with E-state index in [1.807, 2.05) is 42.5 Å². The number of benzene rings is 2. The van der Waals surface area contributed by atoms with E-state index in [9.17, 15) is 14.4 Å². The lowest BCUT2D eigenvalue weighted by Gasteiger charge is -2.31. The third-order valence-corrected chi connectivity index (χ3v) is 5.25. The van der Waals surface area contributed by atoms with Gasteiger partial charge < -0.3 is 15.5 Å². The topological polar surface area (TPSA) is 78.5 Å². The second-order valence-electron chi connectivity index (χ2n) is 6.94. The molecular weight excluding hydrogens is 342 g/mol. The van der Waals surface area contributed by atoms with E-state index in [1.54, 1.807) is 11.0 Å². The SMILES string of the molecule is O=C1NCc2cccc(NC(=O)C3CCN(C(=O)c4ccccc4)CC3)c21. The molecule has 1 fully saturated rings. The molecule has 138 valence electrons. The van der Waals surface area contributed by atoms with Gasteiger partial charge in [-0.05, 0) is 36.6 Å². The molecule has 0 bridgehead atoms. The smallest absolute Gasteiger partial charge is 0.254 e. The van der Waals surface area contributed by atoms with E-state index in [1.165, 1.54) is 0 Å². The van der Waals surface area contributed by atoms with Gasteiger partial charge in [-0.25, -0.2) is 0 Å². The number of anilines is 1. The highest BCUT2D eigenvalue weighted by molar-refractivity contribution is 6.07. The van der Waals surface area contributed by atoms with Crippen LogP contribution in [-0.4, -0.2) is 35.7 Å². The molecule has 0 unspecified atom stereocenters. The van der Waals surface area contributed by atoms with Gasteiger partial charge in [-0.3, -0.25) is 14.4 Å². The minimum absolute atomic E-state index is 0.00649. The molecule has 2 aromatic carbocycles. The molecule has 3 amide bonds. The number of amides is 3. The van der Waals surface area contributed by atoms with Crippen molar-refractivity contribution in [3.05, 3.63) is 65.2 Å². The first-order chi connectivity index (χ1) is 13.1. The minimum Gasteiger partial charge on any atom is -0.348 e. The third-order valence-electron chi connectivity index (χ3n) is 5.25. The summed E-state index contributed by atoms with van der Waals surface area (Å²) in [6, 6.07) is 14.7. The predicted octanol–water partition coefficient (Wildman–Crippen LogP) is 2.42. The molecule has 0 aliphatic carbocycles. The van der Waals surface area contributed by atoms with E-state index < -0.39 is 0 Å². The van der Waals surface area contributed by atoms with Crippen molar-refractivity contribution in [1.29, 1.82) is 0 Å². The van der Waals surface area contributed by atoms with Crippen LogP contribution in [0.4, 0.5) is 5.69 Å². The Hall–Kier alpha value is -3.15. The fourth-order valence-electron chi connectivity index (χ4n) is 3.73. The van der Waals surface area contributed by atoms with Gasteiger partial charge in [0.1, 0.15) is 0 Å². The van der Waals surface area contributed by atoms with Gasteiger partial charge in [0.05, 0.1) is 11.3 Å². The summed E-state index contributed by atoms with van der Waals surface area (Å²) in [5.74, 6) is -0.392. The van der Waals surface area contributed by atoms with Crippen molar-refractivity contribution in [1.82, 2.24) is 10.2 Å². The summed E-state index contributed by atoms with van der Waals surface area (Å²) in [6.45, 7) is 1.61. The lowest BCUT2D eigenvalue weighted by Crippen LogP contribution is -2.41. The van der Waals surface area contributed by atoms with Gasteiger partial charge in [-0.15, -0.1) is 0 Å². The van der Waals surface area contributed by atoms with Crippen LogP contribution in [0.2, 0.25) is 0 Å². The zero-order chi connectivity index (χ0) is 18.8. The Morgan fingerprint density at radius 1 is 1.00 bits per heavy atom. The molecule has 27 heavy (non-hydrogen) atoms. The van der Waals surface area contributed by atoms with Crippen molar-refractivity contribution in [3.8, 4) is 0 Å². The van der Waals surface area contributed by atoms with E-state index in [-0.39, 0.29) is 23.6 Å². The highest BCUT2D eigenvalue weighted by atomic mass is 16.2. The summed E-state index contributed by atoms with van der Waals surface area (Å²) in [6.07, 6.45) is 1.23. The number of hydrogen-bond acceptors (Lipinski definition) is 3. The summed E-state index contributed by atoms with van der Waals surface area (Å²) < 4.78 is 0. The Balaban J connectivity index is 1.38. The van der Waals surface area contributed by atoms with Crippen LogP contribution in [-0.2, 0) is 11.3 Å². The predicted molar refractivity (Wildman–Crippen MR) is 101 cm³/mol. The van der Waals surface area contributed by atoms with Gasteiger partial charge in [-0.2, -0.15) is 0 Å². The Kier molecular flexibility index (Phi) is 4.62. The Labute approximate surface area is 157 Å². The number of nitrogens with one attached hydrogen (secondary N) is 2. The fourth-order valence-corrected chi connectivity index (χ4v) is 3.73. The first-order valence-electron chi connectivity index (χ1n) is 9.19. The zero-order valence-corrected chi connectivity index (χ0v) is 14.9. The molecule has 6 heteroatoms. The highest BCUT2D eigenvalue weighted by Crippen LogP contribution is 2.26. The van der Waals surface area contributed by atoms with E-state index in [0.717, 1.165) is 5.56 Å². The summed E-state index contributed by atoms with van der Waals surface area (Å²) in [5.41, 5.74) is 2.70. The lowest BCUT2D eigenvalue weighted by molar-refractivity contribution is -0.121. The van der Waals surface area contributed by atoms with Gasteiger partial charge in [-0.1, -0.05) is 30.3 Å². The molecule has 2 N–H and O–H groups in total. The van der Waals surface area contributed by atoms with Gasteiger partial charge in [0, 0.05) is 31.1 Å². The Morgan fingerprint density at radius 3 is 2.48 bits per heavy atom. The number of likely N-dealkylation sites (tertiary alicyclic amines) is 1. The van der Waals surface area contributed by atoms with Crippen LogP contribution in [0, 0.1) is 5.92 Å². The largest absolute Gasteiger partial charge is 0.348 e.